The van der Waals surface area contributed by atoms with Crippen LogP contribution in [0.1, 0.15) is 26.2 Å². The Balaban J connectivity index is 2.04. The first-order valence-electron chi connectivity index (χ1n) is 8.05. The van der Waals surface area contributed by atoms with Gasteiger partial charge in [0.2, 0.25) is 0 Å². The minimum atomic E-state index is -0.537. The number of pyridine rings is 2. The van der Waals surface area contributed by atoms with Crippen molar-refractivity contribution in [3.8, 4) is 11.3 Å². The number of rotatable bonds is 5. The molecule has 3 rings (SSSR count). The summed E-state index contributed by atoms with van der Waals surface area (Å²) in [7, 11) is 0. The molecule has 0 spiro atoms. The third kappa shape index (κ3) is 3.20. The van der Waals surface area contributed by atoms with E-state index in [4.69, 9.17) is 0 Å². The molecule has 0 bridgehead atoms. The van der Waals surface area contributed by atoms with Crippen molar-refractivity contribution >= 4 is 10.8 Å². The monoisotopic (exact) mass is 328 g/mol. The Labute approximate surface area is 138 Å². The predicted octanol–water partition coefficient (Wildman–Crippen LogP) is 4.53. The summed E-state index contributed by atoms with van der Waals surface area (Å²) in [5.74, 6) is -1.01. The molecular formula is C19H18F2N2O. The van der Waals surface area contributed by atoms with Crippen LogP contribution in [0.4, 0.5) is 8.78 Å². The smallest absolute Gasteiger partial charge is 0.258 e. The molecule has 0 N–H and O–H groups in total. The van der Waals surface area contributed by atoms with Crippen LogP contribution in [0, 0.1) is 11.6 Å². The van der Waals surface area contributed by atoms with Crippen molar-refractivity contribution in [2.45, 2.75) is 32.7 Å². The molecule has 3 aromatic rings. The molecule has 0 amide bonds. The van der Waals surface area contributed by atoms with E-state index < -0.39 is 11.6 Å². The van der Waals surface area contributed by atoms with Crippen molar-refractivity contribution in [2.75, 3.05) is 0 Å². The number of hydrogen-bond acceptors (Lipinski definition) is 2. The topological polar surface area (TPSA) is 34.9 Å². The van der Waals surface area contributed by atoms with Gasteiger partial charge >= 0.3 is 0 Å². The fourth-order valence-corrected chi connectivity index (χ4v) is 2.75. The highest BCUT2D eigenvalue weighted by Gasteiger charge is 2.11. The quantitative estimate of drug-likeness (QED) is 0.645. The van der Waals surface area contributed by atoms with Crippen molar-refractivity contribution in [1.29, 1.82) is 0 Å². The number of aryl methyl sites for hydroxylation is 1. The molecule has 3 nitrogen and oxygen atoms in total. The fourth-order valence-electron chi connectivity index (χ4n) is 2.75. The minimum Gasteiger partial charge on any atom is -0.315 e. The summed E-state index contributed by atoms with van der Waals surface area (Å²) in [6.45, 7) is 2.73. The lowest BCUT2D eigenvalue weighted by molar-refractivity contribution is 0.590. The van der Waals surface area contributed by atoms with Crippen molar-refractivity contribution in [2.24, 2.45) is 0 Å². The summed E-state index contributed by atoms with van der Waals surface area (Å²) in [6, 6.07) is 7.29. The maximum Gasteiger partial charge on any atom is 0.258 e. The molecule has 2 aromatic heterocycles. The molecule has 0 saturated heterocycles. The van der Waals surface area contributed by atoms with E-state index in [0.717, 1.165) is 25.5 Å². The Morgan fingerprint density at radius 3 is 2.67 bits per heavy atom. The second-order valence-corrected chi connectivity index (χ2v) is 5.80. The van der Waals surface area contributed by atoms with Gasteiger partial charge in [-0.1, -0.05) is 19.8 Å². The molecule has 2 heterocycles. The number of halogens is 2. The number of benzene rings is 1. The van der Waals surface area contributed by atoms with Gasteiger partial charge in [0.1, 0.15) is 11.6 Å². The Bertz CT molecular complexity index is 917. The van der Waals surface area contributed by atoms with Crippen LogP contribution in [0.2, 0.25) is 0 Å². The van der Waals surface area contributed by atoms with Crippen LogP contribution >= 0.6 is 0 Å². The van der Waals surface area contributed by atoms with E-state index in [2.05, 4.69) is 11.9 Å². The molecule has 0 saturated carbocycles. The van der Waals surface area contributed by atoms with Gasteiger partial charge in [-0.05, 0) is 42.1 Å². The van der Waals surface area contributed by atoms with E-state index >= 15 is 0 Å². The Hall–Kier alpha value is -2.56. The third-order valence-electron chi connectivity index (χ3n) is 4.07. The van der Waals surface area contributed by atoms with Crippen molar-refractivity contribution in [3.63, 3.8) is 0 Å². The first-order chi connectivity index (χ1) is 11.6. The van der Waals surface area contributed by atoms with Gasteiger partial charge in [-0.3, -0.25) is 9.78 Å². The van der Waals surface area contributed by atoms with Gasteiger partial charge in [0.05, 0.1) is 17.3 Å². The predicted molar refractivity (Wildman–Crippen MR) is 90.9 cm³/mol. The van der Waals surface area contributed by atoms with Crippen LogP contribution in [-0.2, 0) is 6.54 Å². The first kappa shape index (κ1) is 16.3. The Morgan fingerprint density at radius 1 is 1.12 bits per heavy atom. The Morgan fingerprint density at radius 2 is 1.96 bits per heavy atom. The van der Waals surface area contributed by atoms with E-state index in [-0.39, 0.29) is 11.1 Å². The normalized spacial score (nSPS) is 11.1. The summed E-state index contributed by atoms with van der Waals surface area (Å²) < 4.78 is 29.0. The van der Waals surface area contributed by atoms with E-state index in [9.17, 15) is 13.6 Å². The molecule has 0 unspecified atom stereocenters. The van der Waals surface area contributed by atoms with Gasteiger partial charge in [0, 0.05) is 18.3 Å². The van der Waals surface area contributed by atoms with Crippen LogP contribution in [0.3, 0.4) is 0 Å². The molecule has 0 fully saturated rings. The Kier molecular flexibility index (Phi) is 4.69. The van der Waals surface area contributed by atoms with Gasteiger partial charge in [-0.25, -0.2) is 8.78 Å². The van der Waals surface area contributed by atoms with E-state index in [0.29, 0.717) is 23.0 Å². The van der Waals surface area contributed by atoms with Crippen LogP contribution in [0.15, 0.2) is 47.5 Å². The second-order valence-electron chi connectivity index (χ2n) is 5.80. The average molecular weight is 328 g/mol. The van der Waals surface area contributed by atoms with Gasteiger partial charge in [-0.15, -0.1) is 0 Å². The number of unbranched alkanes of at least 4 members (excludes halogenated alkanes) is 2. The van der Waals surface area contributed by atoms with Crippen LogP contribution < -0.4 is 5.56 Å². The lowest BCUT2D eigenvalue weighted by Crippen LogP contribution is -2.19. The number of aromatic nitrogens is 2. The molecule has 0 aliphatic heterocycles. The molecule has 0 radical (unpaired) electrons. The van der Waals surface area contributed by atoms with Gasteiger partial charge in [0.15, 0.2) is 0 Å². The summed E-state index contributed by atoms with van der Waals surface area (Å²) in [5, 5.41) is 0.992. The highest BCUT2D eigenvalue weighted by molar-refractivity contribution is 5.86. The van der Waals surface area contributed by atoms with Crippen LogP contribution in [-0.4, -0.2) is 9.55 Å². The van der Waals surface area contributed by atoms with Crippen molar-refractivity contribution < 1.29 is 8.78 Å². The molecule has 124 valence electrons. The number of fused-ring (bicyclic) bond motifs is 1. The first-order valence-corrected chi connectivity index (χ1v) is 8.05. The molecule has 5 heteroatoms. The SMILES string of the molecule is CCCCCn1ccc2cc(-c3ccc(F)cn3)c(F)cc2c1=O. The van der Waals surface area contributed by atoms with Gasteiger partial charge < -0.3 is 4.57 Å². The standard InChI is InChI=1S/C19H18F2N2O/c1-2-3-4-8-23-9-7-13-10-16(17(21)11-15(13)19(23)24)18-6-5-14(20)12-22-18/h5-7,9-12H,2-4,8H2,1H3. The van der Waals surface area contributed by atoms with Crippen molar-refractivity contribution in [1.82, 2.24) is 9.55 Å². The second kappa shape index (κ2) is 6.91. The van der Waals surface area contributed by atoms with Gasteiger partial charge in [-0.2, -0.15) is 0 Å². The molecule has 1 aromatic carbocycles. The maximum atomic E-state index is 14.4. The number of hydrogen-bond donors (Lipinski definition) is 0. The zero-order valence-electron chi connectivity index (χ0n) is 13.4. The average Bonchev–Trinajstić information content (AvgIpc) is 2.58. The lowest BCUT2D eigenvalue weighted by atomic mass is 10.0. The lowest BCUT2D eigenvalue weighted by Gasteiger charge is -2.09. The van der Waals surface area contributed by atoms with E-state index in [1.807, 2.05) is 0 Å². The van der Waals surface area contributed by atoms with Crippen LogP contribution in [0.25, 0.3) is 22.0 Å². The summed E-state index contributed by atoms with van der Waals surface area (Å²) >= 11 is 0. The molecule has 24 heavy (non-hydrogen) atoms. The molecule has 0 aliphatic rings. The maximum absolute atomic E-state index is 14.4. The summed E-state index contributed by atoms with van der Waals surface area (Å²) in [5.41, 5.74) is 0.398. The van der Waals surface area contributed by atoms with Crippen molar-refractivity contribution in [3.05, 3.63) is 64.7 Å². The molecule has 0 atom stereocenters. The summed E-state index contributed by atoms with van der Waals surface area (Å²) in [4.78, 5) is 16.4. The highest BCUT2D eigenvalue weighted by atomic mass is 19.1. The zero-order valence-corrected chi connectivity index (χ0v) is 13.4. The fraction of sp³-hybridized carbons (Fsp3) is 0.263. The molecule has 0 aliphatic carbocycles. The van der Waals surface area contributed by atoms with Crippen LogP contribution in [0.5, 0.6) is 0 Å². The number of nitrogens with zero attached hydrogens (tertiary/aromatic N) is 2. The van der Waals surface area contributed by atoms with E-state index in [1.54, 1.807) is 22.9 Å². The molecular weight excluding hydrogens is 310 g/mol. The minimum absolute atomic E-state index is 0.193. The zero-order chi connectivity index (χ0) is 17.1. The summed E-state index contributed by atoms with van der Waals surface area (Å²) in [6.07, 6.45) is 5.83. The van der Waals surface area contributed by atoms with Gasteiger partial charge in [0.25, 0.3) is 5.56 Å². The third-order valence-corrected chi connectivity index (χ3v) is 4.07. The van der Waals surface area contributed by atoms with E-state index in [1.165, 1.54) is 18.2 Å². The largest absolute Gasteiger partial charge is 0.315 e. The highest BCUT2D eigenvalue weighted by Crippen LogP contribution is 2.25.